The minimum absolute atomic E-state index is 0.319. The Hall–Kier alpha value is -1.86. The zero-order chi connectivity index (χ0) is 10.9. The lowest BCUT2D eigenvalue weighted by Gasteiger charge is -2.06. The van der Waals surface area contributed by atoms with E-state index < -0.39 is 29.4 Å². The van der Waals surface area contributed by atoms with Crippen molar-refractivity contribution in [3.05, 3.63) is 17.6 Å². The van der Waals surface area contributed by atoms with E-state index in [9.17, 15) is 18.0 Å². The molecule has 0 spiro atoms. The van der Waals surface area contributed by atoms with Crippen LogP contribution in [0.15, 0.2) is 6.20 Å². The largest absolute Gasteiger partial charge is 0.476 e. The Bertz CT molecular complexity index is 377. The zero-order valence-corrected chi connectivity index (χ0v) is 6.54. The Balaban J connectivity index is 3.20. The molecular weight excluding hydrogens is 203 g/mol. The summed E-state index contributed by atoms with van der Waals surface area (Å²) in [5, 5.41) is 8.40. The predicted octanol–water partition coefficient (Wildman–Crippen LogP) is 0.776. The molecule has 0 aliphatic heterocycles. The summed E-state index contributed by atoms with van der Waals surface area (Å²) in [5.41, 5.74) is 2.95. The van der Waals surface area contributed by atoms with Crippen molar-refractivity contribution >= 4 is 11.8 Å². The van der Waals surface area contributed by atoms with Crippen molar-refractivity contribution < 1.29 is 23.1 Å². The standard InChI is InChI=1S/C6H4F3N3O2/c7-6(8,9)2-1-11-3(5(13)14)4(10)12-2/h1H,(H2,10,12)(H,13,14). The first kappa shape index (κ1) is 10.2. The van der Waals surface area contributed by atoms with Crippen LogP contribution in [0.4, 0.5) is 19.0 Å². The van der Waals surface area contributed by atoms with Crippen molar-refractivity contribution in [2.75, 3.05) is 5.73 Å². The maximum atomic E-state index is 12.0. The highest BCUT2D eigenvalue weighted by Crippen LogP contribution is 2.27. The summed E-state index contributed by atoms with van der Waals surface area (Å²) in [4.78, 5) is 16.2. The minimum atomic E-state index is -4.68. The number of nitrogens with zero attached hydrogens (tertiary/aromatic N) is 2. The number of hydrogen-bond donors (Lipinski definition) is 2. The number of carboxylic acid groups (broad SMARTS) is 1. The molecular formula is C6H4F3N3O2. The van der Waals surface area contributed by atoms with Gasteiger partial charge < -0.3 is 10.8 Å². The van der Waals surface area contributed by atoms with Crippen molar-refractivity contribution in [1.29, 1.82) is 0 Å². The Morgan fingerprint density at radius 1 is 1.50 bits per heavy atom. The van der Waals surface area contributed by atoms with Gasteiger partial charge in [0.2, 0.25) is 0 Å². The molecule has 0 atom stereocenters. The second-order valence-corrected chi connectivity index (χ2v) is 2.29. The molecule has 0 bridgehead atoms. The zero-order valence-electron chi connectivity index (χ0n) is 6.54. The molecule has 0 fully saturated rings. The number of nitrogens with two attached hydrogens (primary N) is 1. The van der Waals surface area contributed by atoms with Crippen LogP contribution in [0.1, 0.15) is 16.2 Å². The SMILES string of the molecule is Nc1nc(C(F)(F)F)cnc1C(=O)O. The molecule has 0 unspecified atom stereocenters. The minimum Gasteiger partial charge on any atom is -0.476 e. The molecule has 76 valence electrons. The van der Waals surface area contributed by atoms with Gasteiger partial charge in [-0.25, -0.2) is 14.8 Å². The van der Waals surface area contributed by atoms with E-state index in [1.54, 1.807) is 0 Å². The van der Waals surface area contributed by atoms with Gasteiger partial charge >= 0.3 is 12.1 Å². The molecule has 0 saturated heterocycles. The molecule has 0 aliphatic rings. The van der Waals surface area contributed by atoms with Crippen LogP contribution in [0.3, 0.4) is 0 Å². The van der Waals surface area contributed by atoms with Crippen molar-refractivity contribution in [3.63, 3.8) is 0 Å². The van der Waals surface area contributed by atoms with Crippen molar-refractivity contribution in [2.24, 2.45) is 0 Å². The van der Waals surface area contributed by atoms with Crippen LogP contribution in [-0.2, 0) is 6.18 Å². The summed E-state index contributed by atoms with van der Waals surface area (Å²) in [5.74, 6) is -2.28. The number of aromatic nitrogens is 2. The van der Waals surface area contributed by atoms with Crippen molar-refractivity contribution in [1.82, 2.24) is 9.97 Å². The average molecular weight is 207 g/mol. The molecule has 0 radical (unpaired) electrons. The van der Waals surface area contributed by atoms with Gasteiger partial charge in [0.25, 0.3) is 0 Å². The highest BCUT2D eigenvalue weighted by molar-refractivity contribution is 5.90. The van der Waals surface area contributed by atoms with Gasteiger partial charge in [-0.2, -0.15) is 13.2 Å². The van der Waals surface area contributed by atoms with Crippen molar-refractivity contribution in [3.8, 4) is 0 Å². The first-order chi connectivity index (χ1) is 6.32. The van der Waals surface area contributed by atoms with Crippen LogP contribution in [-0.4, -0.2) is 21.0 Å². The Morgan fingerprint density at radius 2 is 2.07 bits per heavy atom. The number of rotatable bonds is 1. The Morgan fingerprint density at radius 3 is 2.43 bits per heavy atom. The van der Waals surface area contributed by atoms with E-state index in [1.165, 1.54) is 0 Å². The van der Waals surface area contributed by atoms with E-state index in [4.69, 9.17) is 10.8 Å². The van der Waals surface area contributed by atoms with E-state index in [0.29, 0.717) is 6.20 Å². The van der Waals surface area contributed by atoms with E-state index in [-0.39, 0.29) is 0 Å². The molecule has 1 aromatic rings. The molecule has 0 amide bonds. The fourth-order valence-electron chi connectivity index (χ4n) is 0.705. The molecule has 1 aromatic heterocycles. The van der Waals surface area contributed by atoms with Crippen LogP contribution in [0, 0.1) is 0 Å². The molecule has 0 aliphatic carbocycles. The topological polar surface area (TPSA) is 89.1 Å². The van der Waals surface area contributed by atoms with Gasteiger partial charge in [0.1, 0.15) is 0 Å². The maximum absolute atomic E-state index is 12.0. The molecule has 1 heterocycles. The Labute approximate surface area is 75.4 Å². The van der Waals surface area contributed by atoms with Crippen LogP contribution < -0.4 is 5.73 Å². The summed E-state index contributed by atoms with van der Waals surface area (Å²) >= 11 is 0. The van der Waals surface area contributed by atoms with Crippen molar-refractivity contribution in [2.45, 2.75) is 6.18 Å². The third-order valence-electron chi connectivity index (χ3n) is 1.29. The summed E-state index contributed by atoms with van der Waals surface area (Å²) in [6.45, 7) is 0. The van der Waals surface area contributed by atoms with Gasteiger partial charge in [0, 0.05) is 0 Å². The van der Waals surface area contributed by atoms with E-state index >= 15 is 0 Å². The van der Waals surface area contributed by atoms with Crippen LogP contribution >= 0.6 is 0 Å². The number of anilines is 1. The molecule has 5 nitrogen and oxygen atoms in total. The molecule has 1 rings (SSSR count). The number of hydrogen-bond acceptors (Lipinski definition) is 4. The third kappa shape index (κ3) is 1.90. The Kier molecular flexibility index (Phi) is 2.28. The monoisotopic (exact) mass is 207 g/mol. The first-order valence-corrected chi connectivity index (χ1v) is 3.25. The summed E-state index contributed by atoms with van der Waals surface area (Å²) in [6.07, 6.45) is -4.36. The molecule has 3 N–H and O–H groups in total. The maximum Gasteiger partial charge on any atom is 0.434 e. The van der Waals surface area contributed by atoms with E-state index in [1.807, 2.05) is 0 Å². The fourth-order valence-corrected chi connectivity index (χ4v) is 0.705. The first-order valence-electron chi connectivity index (χ1n) is 3.25. The number of alkyl halides is 3. The quantitative estimate of drug-likeness (QED) is 0.710. The predicted molar refractivity (Wildman–Crippen MR) is 38.4 cm³/mol. The van der Waals surface area contributed by atoms with Gasteiger partial charge in [-0.3, -0.25) is 0 Å². The number of carboxylic acids is 1. The summed E-state index contributed by atoms with van der Waals surface area (Å²) in [6, 6.07) is 0. The molecule has 0 saturated carbocycles. The van der Waals surface area contributed by atoms with Gasteiger partial charge in [0.15, 0.2) is 17.2 Å². The number of nitrogen functional groups attached to an aromatic ring is 1. The van der Waals surface area contributed by atoms with Crippen LogP contribution in [0.25, 0.3) is 0 Å². The summed E-state index contributed by atoms with van der Waals surface area (Å²) in [7, 11) is 0. The normalized spacial score (nSPS) is 11.4. The van der Waals surface area contributed by atoms with Crippen LogP contribution in [0.2, 0.25) is 0 Å². The van der Waals surface area contributed by atoms with E-state index in [0.717, 1.165) is 0 Å². The smallest absolute Gasteiger partial charge is 0.434 e. The van der Waals surface area contributed by atoms with Gasteiger partial charge in [-0.15, -0.1) is 0 Å². The molecule has 8 heteroatoms. The highest BCUT2D eigenvalue weighted by atomic mass is 19.4. The lowest BCUT2D eigenvalue weighted by Crippen LogP contribution is -2.14. The highest BCUT2D eigenvalue weighted by Gasteiger charge is 2.34. The lowest BCUT2D eigenvalue weighted by molar-refractivity contribution is -0.141. The van der Waals surface area contributed by atoms with Gasteiger partial charge in [-0.05, 0) is 0 Å². The van der Waals surface area contributed by atoms with Gasteiger partial charge in [-0.1, -0.05) is 0 Å². The number of carbonyl (C=O) groups is 1. The number of halogens is 3. The van der Waals surface area contributed by atoms with Gasteiger partial charge in [0.05, 0.1) is 6.20 Å². The average Bonchev–Trinajstić information content (AvgIpc) is 2.01. The fraction of sp³-hybridized carbons (Fsp3) is 0.167. The second kappa shape index (κ2) is 3.13. The lowest BCUT2D eigenvalue weighted by atomic mass is 10.3. The van der Waals surface area contributed by atoms with Crippen LogP contribution in [0.5, 0.6) is 0 Å². The summed E-state index contributed by atoms with van der Waals surface area (Å²) < 4.78 is 36.0. The molecule has 14 heavy (non-hydrogen) atoms. The molecule has 0 aromatic carbocycles. The van der Waals surface area contributed by atoms with E-state index in [2.05, 4.69) is 9.97 Å². The second-order valence-electron chi connectivity index (χ2n) is 2.29. The number of aromatic carboxylic acids is 1. The third-order valence-corrected chi connectivity index (χ3v) is 1.29.